The second-order valence-corrected chi connectivity index (χ2v) is 6.14. The molecule has 2 aromatic carbocycles. The highest BCUT2D eigenvalue weighted by Gasteiger charge is 2.32. The van der Waals surface area contributed by atoms with Crippen LogP contribution in [-0.2, 0) is 11.8 Å². The zero-order chi connectivity index (χ0) is 15.5. The van der Waals surface area contributed by atoms with Crippen molar-refractivity contribution in [1.82, 2.24) is 0 Å². The minimum absolute atomic E-state index is 0.246. The quantitative estimate of drug-likeness (QED) is 0.646. The van der Waals surface area contributed by atoms with Gasteiger partial charge in [-0.05, 0) is 54.7 Å². The number of hydrogen-bond acceptors (Lipinski definition) is 0. The molecule has 0 bridgehead atoms. The van der Waals surface area contributed by atoms with E-state index in [0.717, 1.165) is 12.0 Å². The van der Waals surface area contributed by atoms with Crippen molar-refractivity contribution in [2.24, 2.45) is 0 Å². The Morgan fingerprint density at radius 3 is 1.90 bits per heavy atom. The number of halogens is 3. The van der Waals surface area contributed by atoms with Crippen molar-refractivity contribution in [3.8, 4) is 0 Å². The predicted octanol–water partition coefficient (Wildman–Crippen LogP) is 5.40. The van der Waals surface area contributed by atoms with Crippen molar-refractivity contribution in [2.45, 2.75) is 25.7 Å². The number of aryl methyl sites for hydroxylation is 2. The zero-order valence-corrected chi connectivity index (χ0v) is 13.8. The third-order valence-electron chi connectivity index (χ3n) is 4.13. The van der Waals surface area contributed by atoms with E-state index in [2.05, 4.69) is 32.0 Å². The monoisotopic (exact) mass is 324 g/mol. The second kappa shape index (κ2) is 6.81. The van der Waals surface area contributed by atoms with E-state index in [0.29, 0.717) is 11.8 Å². The summed E-state index contributed by atoms with van der Waals surface area (Å²) in [6, 6.07) is 12.7. The van der Waals surface area contributed by atoms with Gasteiger partial charge in [-0.25, -0.2) is 4.39 Å². The molecule has 0 amide bonds. The molecule has 3 heteroatoms. The van der Waals surface area contributed by atoms with Crippen LogP contribution in [0.15, 0.2) is 42.5 Å². The molecule has 0 saturated carbocycles. The normalized spacial score (nSPS) is 11.7. The van der Waals surface area contributed by atoms with E-state index < -0.39 is 0 Å². The Balaban J connectivity index is 2.45. The Morgan fingerprint density at radius 2 is 1.43 bits per heavy atom. The van der Waals surface area contributed by atoms with Crippen LogP contribution in [0.3, 0.4) is 0 Å². The third-order valence-corrected chi connectivity index (χ3v) is 5.15. The number of alkyl halides is 2. The van der Waals surface area contributed by atoms with Gasteiger partial charge in [0.05, 0.1) is 0 Å². The Kier molecular flexibility index (Phi) is 5.29. The first-order chi connectivity index (χ1) is 10.0. The first kappa shape index (κ1) is 16.3. The third kappa shape index (κ3) is 3.41. The van der Waals surface area contributed by atoms with Gasteiger partial charge in [0.25, 0.3) is 0 Å². The maximum Gasteiger partial charge on any atom is 0.123 e. The van der Waals surface area contributed by atoms with Crippen molar-refractivity contribution >= 4 is 23.2 Å². The van der Waals surface area contributed by atoms with Crippen LogP contribution in [0, 0.1) is 19.7 Å². The zero-order valence-electron chi connectivity index (χ0n) is 12.3. The van der Waals surface area contributed by atoms with Crippen LogP contribution in [0.5, 0.6) is 0 Å². The molecule has 0 fully saturated rings. The molecule has 0 atom stereocenters. The first-order valence-corrected chi connectivity index (χ1v) is 8.02. The highest BCUT2D eigenvalue weighted by molar-refractivity contribution is 6.22. The van der Waals surface area contributed by atoms with E-state index in [4.69, 9.17) is 23.2 Å². The summed E-state index contributed by atoms with van der Waals surface area (Å²) in [5.74, 6) is 0.551. The number of rotatable bonds is 5. The Morgan fingerprint density at radius 1 is 0.905 bits per heavy atom. The molecule has 0 aliphatic heterocycles. The van der Waals surface area contributed by atoms with Gasteiger partial charge in [0, 0.05) is 17.2 Å². The van der Waals surface area contributed by atoms with Crippen molar-refractivity contribution in [3.63, 3.8) is 0 Å². The lowest BCUT2D eigenvalue weighted by atomic mass is 9.77. The SMILES string of the molecule is Cc1cccc(C)c1CC(CCl)(CCl)c1ccc(F)cc1. The smallest absolute Gasteiger partial charge is 0.123 e. The van der Waals surface area contributed by atoms with Gasteiger partial charge in [-0.15, -0.1) is 23.2 Å². The highest BCUT2D eigenvalue weighted by Crippen LogP contribution is 2.33. The van der Waals surface area contributed by atoms with Crippen molar-refractivity contribution < 1.29 is 4.39 Å². The van der Waals surface area contributed by atoms with Crippen LogP contribution in [0.25, 0.3) is 0 Å². The highest BCUT2D eigenvalue weighted by atomic mass is 35.5. The van der Waals surface area contributed by atoms with Gasteiger partial charge in [-0.2, -0.15) is 0 Å². The average Bonchev–Trinajstić information content (AvgIpc) is 2.49. The summed E-state index contributed by atoms with van der Waals surface area (Å²) < 4.78 is 13.2. The van der Waals surface area contributed by atoms with E-state index in [1.807, 2.05) is 0 Å². The van der Waals surface area contributed by atoms with Crippen LogP contribution < -0.4 is 0 Å². The van der Waals surface area contributed by atoms with E-state index >= 15 is 0 Å². The van der Waals surface area contributed by atoms with Gasteiger partial charge >= 0.3 is 0 Å². The molecule has 0 nitrogen and oxygen atoms in total. The van der Waals surface area contributed by atoms with Gasteiger partial charge in [0.2, 0.25) is 0 Å². The molecule has 0 aliphatic rings. The van der Waals surface area contributed by atoms with Crippen LogP contribution in [0.1, 0.15) is 22.3 Å². The molecule has 112 valence electrons. The van der Waals surface area contributed by atoms with E-state index in [1.54, 1.807) is 12.1 Å². The summed E-state index contributed by atoms with van der Waals surface area (Å²) in [6.07, 6.45) is 0.754. The van der Waals surface area contributed by atoms with Crippen molar-refractivity contribution in [2.75, 3.05) is 11.8 Å². The van der Waals surface area contributed by atoms with Gasteiger partial charge in [-0.1, -0.05) is 30.3 Å². The Hall–Kier alpha value is -1.05. The van der Waals surface area contributed by atoms with Gasteiger partial charge in [0.1, 0.15) is 5.82 Å². The Labute approximate surface area is 135 Å². The van der Waals surface area contributed by atoms with E-state index in [-0.39, 0.29) is 11.2 Å². The molecule has 0 saturated heterocycles. The molecular weight excluding hydrogens is 306 g/mol. The molecule has 0 aliphatic carbocycles. The first-order valence-electron chi connectivity index (χ1n) is 6.95. The fraction of sp³-hybridized carbons (Fsp3) is 0.333. The largest absolute Gasteiger partial charge is 0.207 e. The maximum absolute atomic E-state index is 13.2. The molecule has 0 spiro atoms. The fourth-order valence-electron chi connectivity index (χ4n) is 2.66. The van der Waals surface area contributed by atoms with E-state index in [9.17, 15) is 4.39 Å². The van der Waals surface area contributed by atoms with Crippen molar-refractivity contribution in [3.05, 3.63) is 70.5 Å². The number of benzene rings is 2. The summed E-state index contributed by atoms with van der Waals surface area (Å²) in [5.41, 5.74) is 4.33. The van der Waals surface area contributed by atoms with Crippen LogP contribution in [-0.4, -0.2) is 11.8 Å². The minimum atomic E-state index is -0.381. The molecule has 0 N–H and O–H groups in total. The standard InChI is InChI=1S/C18H19Cl2F/c1-13-4-3-5-14(2)17(13)10-18(11-19,12-20)15-6-8-16(21)9-7-15/h3-9H,10-12H2,1-2H3. The molecule has 2 rings (SSSR count). The minimum Gasteiger partial charge on any atom is -0.207 e. The average molecular weight is 325 g/mol. The molecule has 0 aromatic heterocycles. The molecule has 2 aromatic rings. The predicted molar refractivity (Wildman–Crippen MR) is 89.1 cm³/mol. The van der Waals surface area contributed by atoms with Crippen molar-refractivity contribution in [1.29, 1.82) is 0 Å². The van der Waals surface area contributed by atoms with Crippen LogP contribution in [0.4, 0.5) is 4.39 Å². The number of hydrogen-bond donors (Lipinski definition) is 0. The summed E-state index contributed by atoms with van der Waals surface area (Å²) in [5, 5.41) is 0. The fourth-order valence-corrected chi connectivity index (χ4v) is 3.44. The van der Waals surface area contributed by atoms with Gasteiger partial charge < -0.3 is 0 Å². The summed E-state index contributed by atoms with van der Waals surface area (Å²) in [7, 11) is 0. The lowest BCUT2D eigenvalue weighted by Gasteiger charge is -2.31. The molecule has 0 heterocycles. The molecule has 0 radical (unpaired) electrons. The van der Waals surface area contributed by atoms with Crippen LogP contribution in [0.2, 0.25) is 0 Å². The lowest BCUT2D eigenvalue weighted by molar-refractivity contribution is 0.531. The topological polar surface area (TPSA) is 0 Å². The van der Waals surface area contributed by atoms with Gasteiger partial charge in [0.15, 0.2) is 0 Å². The lowest BCUT2D eigenvalue weighted by Crippen LogP contribution is -2.34. The summed E-state index contributed by atoms with van der Waals surface area (Å²) in [6.45, 7) is 4.19. The molecular formula is C18H19Cl2F. The maximum atomic E-state index is 13.2. The second-order valence-electron chi connectivity index (χ2n) is 5.60. The molecule has 0 unspecified atom stereocenters. The van der Waals surface area contributed by atoms with Gasteiger partial charge in [-0.3, -0.25) is 0 Å². The summed E-state index contributed by atoms with van der Waals surface area (Å²) in [4.78, 5) is 0. The van der Waals surface area contributed by atoms with E-state index in [1.165, 1.54) is 28.8 Å². The van der Waals surface area contributed by atoms with Crippen LogP contribution >= 0.6 is 23.2 Å². The summed E-state index contributed by atoms with van der Waals surface area (Å²) >= 11 is 12.6. The Bertz CT molecular complexity index is 581. The molecule has 21 heavy (non-hydrogen) atoms.